The summed E-state index contributed by atoms with van der Waals surface area (Å²) >= 11 is 1.85. The smallest absolute Gasteiger partial charge is 0.0953 e. The normalized spacial score (nSPS) is 18.0. The molecule has 1 saturated carbocycles. The van der Waals surface area contributed by atoms with E-state index < -0.39 is 0 Å². The minimum atomic E-state index is 0.559. The molecule has 2 nitrogen and oxygen atoms in total. The van der Waals surface area contributed by atoms with Crippen molar-refractivity contribution in [1.29, 1.82) is 0 Å². The number of nitrogens with zero attached hydrogens (tertiary/aromatic N) is 1. The predicted octanol–water partition coefficient (Wildman–Crippen LogP) is 3.55. The first kappa shape index (κ1) is 12.1. The third kappa shape index (κ3) is 2.83. The maximum absolute atomic E-state index is 4.45. The molecule has 3 heteroatoms. The summed E-state index contributed by atoms with van der Waals surface area (Å²) in [6, 6.07) is 0. The fourth-order valence-electron chi connectivity index (χ4n) is 1.95. The molecule has 0 amide bonds. The second-order valence-corrected chi connectivity index (χ2v) is 6.42. The van der Waals surface area contributed by atoms with E-state index in [2.05, 4.69) is 31.1 Å². The van der Waals surface area contributed by atoms with E-state index in [9.17, 15) is 0 Å². The molecule has 0 unspecified atom stereocenters. The average molecular weight is 238 g/mol. The molecule has 90 valence electrons. The maximum atomic E-state index is 4.45. The molecule has 0 bridgehead atoms. The van der Waals surface area contributed by atoms with Crippen molar-refractivity contribution < 1.29 is 0 Å². The van der Waals surface area contributed by atoms with Crippen molar-refractivity contribution in [1.82, 2.24) is 10.3 Å². The molecule has 0 aromatic carbocycles. The van der Waals surface area contributed by atoms with E-state index >= 15 is 0 Å². The Labute approximate surface area is 102 Å². The van der Waals surface area contributed by atoms with Crippen molar-refractivity contribution in [3.8, 4) is 0 Å². The van der Waals surface area contributed by atoms with Crippen LogP contribution in [-0.4, -0.2) is 11.5 Å². The van der Waals surface area contributed by atoms with E-state index in [0.717, 1.165) is 6.54 Å². The molecular weight excluding hydrogens is 216 g/mol. The summed E-state index contributed by atoms with van der Waals surface area (Å²) in [5, 5.41) is 4.84. The van der Waals surface area contributed by atoms with Crippen molar-refractivity contribution in [2.24, 2.45) is 5.41 Å². The molecule has 0 radical (unpaired) electrons. The first-order valence-corrected chi connectivity index (χ1v) is 7.12. The number of rotatable bonds is 6. The van der Waals surface area contributed by atoms with Crippen molar-refractivity contribution in [3.05, 3.63) is 16.1 Å². The SMILES string of the molecule is CCC1(CNCc2cnc(C(C)C)s2)CC1. The van der Waals surface area contributed by atoms with Gasteiger partial charge in [0, 0.05) is 30.1 Å². The Kier molecular flexibility index (Phi) is 3.65. The van der Waals surface area contributed by atoms with Gasteiger partial charge < -0.3 is 5.32 Å². The minimum Gasteiger partial charge on any atom is -0.311 e. The van der Waals surface area contributed by atoms with E-state index in [-0.39, 0.29) is 0 Å². The monoisotopic (exact) mass is 238 g/mol. The summed E-state index contributed by atoms with van der Waals surface area (Å²) in [4.78, 5) is 5.82. The molecule has 1 aliphatic carbocycles. The van der Waals surface area contributed by atoms with Crippen LogP contribution in [0.15, 0.2) is 6.20 Å². The summed E-state index contributed by atoms with van der Waals surface area (Å²) in [5.41, 5.74) is 0.644. The highest BCUT2D eigenvalue weighted by Gasteiger charge is 2.39. The first-order valence-electron chi connectivity index (χ1n) is 6.30. The van der Waals surface area contributed by atoms with Crippen LogP contribution >= 0.6 is 11.3 Å². The Morgan fingerprint density at radius 3 is 2.75 bits per heavy atom. The number of thiazole rings is 1. The van der Waals surface area contributed by atoms with Gasteiger partial charge >= 0.3 is 0 Å². The third-order valence-corrected chi connectivity index (χ3v) is 4.87. The van der Waals surface area contributed by atoms with Crippen LogP contribution in [0.1, 0.15) is 55.8 Å². The second kappa shape index (κ2) is 4.84. The lowest BCUT2D eigenvalue weighted by Crippen LogP contribution is -2.22. The van der Waals surface area contributed by atoms with Gasteiger partial charge in [-0.15, -0.1) is 11.3 Å². The summed E-state index contributed by atoms with van der Waals surface area (Å²) in [6.45, 7) is 8.88. The number of hydrogen-bond acceptors (Lipinski definition) is 3. The predicted molar refractivity (Wildman–Crippen MR) is 69.9 cm³/mol. The Morgan fingerprint density at radius 1 is 1.50 bits per heavy atom. The van der Waals surface area contributed by atoms with Crippen LogP contribution in [0.2, 0.25) is 0 Å². The summed E-state index contributed by atoms with van der Waals surface area (Å²) in [7, 11) is 0. The van der Waals surface area contributed by atoms with E-state index in [0.29, 0.717) is 11.3 Å². The van der Waals surface area contributed by atoms with Gasteiger partial charge in [0.2, 0.25) is 0 Å². The van der Waals surface area contributed by atoms with E-state index in [1.165, 1.54) is 35.7 Å². The lowest BCUT2D eigenvalue weighted by atomic mass is 10.0. The zero-order chi connectivity index (χ0) is 11.6. The second-order valence-electron chi connectivity index (χ2n) is 5.28. The van der Waals surface area contributed by atoms with Gasteiger partial charge in [0.1, 0.15) is 0 Å². The van der Waals surface area contributed by atoms with Crippen LogP contribution in [0.25, 0.3) is 0 Å². The molecule has 1 aromatic rings. The van der Waals surface area contributed by atoms with Gasteiger partial charge in [-0.3, -0.25) is 0 Å². The van der Waals surface area contributed by atoms with Crippen LogP contribution in [0, 0.1) is 5.41 Å². The molecule has 0 aliphatic heterocycles. The Hall–Kier alpha value is -0.410. The molecule has 1 heterocycles. The lowest BCUT2D eigenvalue weighted by Gasteiger charge is -2.12. The van der Waals surface area contributed by atoms with Gasteiger partial charge in [0.05, 0.1) is 5.01 Å². The van der Waals surface area contributed by atoms with Crippen LogP contribution in [0.5, 0.6) is 0 Å². The van der Waals surface area contributed by atoms with Gasteiger partial charge in [-0.1, -0.05) is 20.8 Å². The summed E-state index contributed by atoms with van der Waals surface area (Å²) in [5.74, 6) is 0.559. The van der Waals surface area contributed by atoms with Crippen LogP contribution in [-0.2, 0) is 6.54 Å². The fourth-order valence-corrected chi connectivity index (χ4v) is 2.84. The van der Waals surface area contributed by atoms with Gasteiger partial charge in [-0.2, -0.15) is 0 Å². The van der Waals surface area contributed by atoms with E-state index in [1.54, 1.807) is 0 Å². The molecule has 1 aromatic heterocycles. The topological polar surface area (TPSA) is 24.9 Å². The largest absolute Gasteiger partial charge is 0.311 e. The molecule has 1 N–H and O–H groups in total. The molecule has 0 saturated heterocycles. The van der Waals surface area contributed by atoms with Gasteiger partial charge in [0.25, 0.3) is 0 Å². The molecule has 0 spiro atoms. The minimum absolute atomic E-state index is 0.559. The molecule has 1 fully saturated rings. The maximum Gasteiger partial charge on any atom is 0.0953 e. The molecule has 16 heavy (non-hydrogen) atoms. The van der Waals surface area contributed by atoms with Gasteiger partial charge in [-0.25, -0.2) is 4.98 Å². The highest BCUT2D eigenvalue weighted by molar-refractivity contribution is 7.11. The standard InChI is InChI=1S/C13H22N2S/c1-4-13(5-6-13)9-14-7-11-8-15-12(16-11)10(2)3/h8,10,14H,4-7,9H2,1-3H3. The number of aromatic nitrogens is 1. The molecule has 1 aliphatic rings. The Bertz CT molecular complexity index is 339. The molecule has 0 atom stereocenters. The number of hydrogen-bond donors (Lipinski definition) is 1. The number of nitrogens with one attached hydrogen (secondary N) is 1. The highest BCUT2D eigenvalue weighted by atomic mass is 32.1. The van der Waals surface area contributed by atoms with Crippen molar-refractivity contribution in [2.75, 3.05) is 6.54 Å². The van der Waals surface area contributed by atoms with E-state index in [1.807, 2.05) is 17.5 Å². The quantitative estimate of drug-likeness (QED) is 0.820. The summed E-state index contributed by atoms with van der Waals surface area (Å²) in [6.07, 6.45) is 6.17. The fraction of sp³-hybridized carbons (Fsp3) is 0.769. The van der Waals surface area contributed by atoms with Crippen LogP contribution < -0.4 is 5.32 Å². The Balaban J connectivity index is 1.77. The third-order valence-electron chi connectivity index (χ3n) is 3.57. The zero-order valence-corrected chi connectivity index (χ0v) is 11.4. The molecule has 2 rings (SSSR count). The van der Waals surface area contributed by atoms with E-state index in [4.69, 9.17) is 0 Å². The van der Waals surface area contributed by atoms with Crippen LogP contribution in [0.3, 0.4) is 0 Å². The first-order chi connectivity index (χ1) is 7.65. The highest BCUT2D eigenvalue weighted by Crippen LogP contribution is 2.47. The van der Waals surface area contributed by atoms with Crippen molar-refractivity contribution in [2.45, 2.75) is 52.5 Å². The zero-order valence-electron chi connectivity index (χ0n) is 10.5. The summed E-state index contributed by atoms with van der Waals surface area (Å²) < 4.78 is 0. The van der Waals surface area contributed by atoms with Gasteiger partial charge in [-0.05, 0) is 24.7 Å². The van der Waals surface area contributed by atoms with Gasteiger partial charge in [0.15, 0.2) is 0 Å². The average Bonchev–Trinajstić information content (AvgIpc) is 2.88. The van der Waals surface area contributed by atoms with Crippen molar-refractivity contribution >= 4 is 11.3 Å². The lowest BCUT2D eigenvalue weighted by molar-refractivity contribution is 0.444. The molecular formula is C13H22N2S. The van der Waals surface area contributed by atoms with Crippen molar-refractivity contribution in [3.63, 3.8) is 0 Å². The Morgan fingerprint density at radius 2 is 2.25 bits per heavy atom. The van der Waals surface area contributed by atoms with Crippen LogP contribution in [0.4, 0.5) is 0 Å².